The maximum atomic E-state index is 4.83. The first-order valence-electron chi connectivity index (χ1n) is 12.4. The van der Waals surface area contributed by atoms with Gasteiger partial charge in [0.1, 0.15) is 0 Å². The van der Waals surface area contributed by atoms with Crippen molar-refractivity contribution < 1.29 is 0 Å². The van der Waals surface area contributed by atoms with Gasteiger partial charge in [0.25, 0.3) is 0 Å². The molecule has 0 spiro atoms. The number of hydrogen-bond acceptors (Lipinski definition) is 4. The lowest BCUT2D eigenvalue weighted by atomic mass is 10.1. The van der Waals surface area contributed by atoms with Crippen molar-refractivity contribution in [1.82, 2.24) is 0 Å². The zero-order valence-electron chi connectivity index (χ0n) is 22.8. The molecule has 4 nitrogen and oxygen atoms in total. The third-order valence-electron chi connectivity index (χ3n) is 5.85. The summed E-state index contributed by atoms with van der Waals surface area (Å²) in [5, 5.41) is 6.97. The molecule has 0 aliphatic heterocycles. The van der Waals surface area contributed by atoms with Gasteiger partial charge in [0.05, 0.1) is 11.4 Å². The molecular formula is C32H38N4. The molecule has 0 aliphatic rings. The van der Waals surface area contributed by atoms with E-state index in [1.165, 1.54) is 22.3 Å². The number of nitrogens with zero attached hydrogens (tertiary/aromatic N) is 2. The highest BCUT2D eigenvalue weighted by molar-refractivity contribution is 5.96. The average molecular weight is 479 g/mol. The lowest BCUT2D eigenvalue weighted by Crippen LogP contribution is -2.01. The predicted molar refractivity (Wildman–Crippen MR) is 159 cm³/mol. The molecule has 3 aromatic rings. The molecule has 186 valence electrons. The summed E-state index contributed by atoms with van der Waals surface area (Å²) in [6.07, 6.45) is 4.15. The van der Waals surface area contributed by atoms with Crippen molar-refractivity contribution in [1.29, 1.82) is 0 Å². The molecule has 0 saturated carbocycles. The van der Waals surface area contributed by atoms with Crippen LogP contribution >= 0.6 is 0 Å². The van der Waals surface area contributed by atoms with Gasteiger partial charge >= 0.3 is 0 Å². The third-order valence-corrected chi connectivity index (χ3v) is 5.85. The molecule has 0 fully saturated rings. The maximum Gasteiger partial charge on any atom is 0.0691 e. The van der Waals surface area contributed by atoms with Gasteiger partial charge in [0, 0.05) is 34.2 Å². The van der Waals surface area contributed by atoms with Crippen LogP contribution in [-0.4, -0.2) is 11.4 Å². The van der Waals surface area contributed by atoms with Crippen molar-refractivity contribution in [2.24, 2.45) is 9.98 Å². The standard InChI is InChI=1S/C32H38N4/c1-21-12-9-13-22(2)31(21)35-27(7)18-25(5)33-29-16-11-17-30(20-29)34-26(6)19-28(8)36-32-23(3)14-10-15-24(32)4/h9-20,33-34H,1-8H3/b25-18+,26-19+,35-27?,36-28?. The Morgan fingerprint density at radius 3 is 1.25 bits per heavy atom. The van der Waals surface area contributed by atoms with Crippen molar-refractivity contribution in [3.05, 3.63) is 106 Å². The first-order valence-corrected chi connectivity index (χ1v) is 12.4. The van der Waals surface area contributed by atoms with E-state index in [2.05, 4.69) is 119 Å². The second-order valence-corrected chi connectivity index (χ2v) is 9.47. The largest absolute Gasteiger partial charge is 0.359 e. The molecule has 2 N–H and O–H groups in total. The van der Waals surface area contributed by atoms with Crippen LogP contribution in [0.2, 0.25) is 0 Å². The van der Waals surface area contributed by atoms with Gasteiger partial charge in [-0.3, -0.25) is 9.98 Å². The van der Waals surface area contributed by atoms with E-state index in [4.69, 9.17) is 9.98 Å². The summed E-state index contributed by atoms with van der Waals surface area (Å²) >= 11 is 0. The summed E-state index contributed by atoms with van der Waals surface area (Å²) in [6, 6.07) is 20.8. The molecule has 4 heteroatoms. The molecule has 0 unspecified atom stereocenters. The molecule has 0 atom stereocenters. The Labute approximate surface area is 216 Å². The summed E-state index contributed by atoms with van der Waals surface area (Å²) in [4.78, 5) is 9.67. The van der Waals surface area contributed by atoms with Gasteiger partial charge in [-0.15, -0.1) is 0 Å². The van der Waals surface area contributed by atoms with Crippen molar-refractivity contribution >= 4 is 34.2 Å². The molecule has 0 radical (unpaired) electrons. The summed E-state index contributed by atoms with van der Waals surface area (Å²) in [6.45, 7) is 16.6. The summed E-state index contributed by atoms with van der Waals surface area (Å²) in [5.74, 6) is 0. The number of allylic oxidation sites excluding steroid dienone is 4. The highest BCUT2D eigenvalue weighted by atomic mass is 14.9. The Morgan fingerprint density at radius 1 is 0.556 bits per heavy atom. The van der Waals surface area contributed by atoms with E-state index in [9.17, 15) is 0 Å². The summed E-state index contributed by atoms with van der Waals surface area (Å²) < 4.78 is 0. The van der Waals surface area contributed by atoms with E-state index in [-0.39, 0.29) is 0 Å². The van der Waals surface area contributed by atoms with Crippen molar-refractivity contribution in [3.63, 3.8) is 0 Å². The Bertz CT molecular complexity index is 1220. The van der Waals surface area contributed by atoms with Crippen LogP contribution < -0.4 is 10.6 Å². The van der Waals surface area contributed by atoms with Crippen LogP contribution in [0.1, 0.15) is 49.9 Å². The van der Waals surface area contributed by atoms with E-state index in [0.717, 1.165) is 45.6 Å². The van der Waals surface area contributed by atoms with E-state index >= 15 is 0 Å². The van der Waals surface area contributed by atoms with Crippen LogP contribution in [0.5, 0.6) is 0 Å². The predicted octanol–water partition coefficient (Wildman–Crippen LogP) is 9.14. The van der Waals surface area contributed by atoms with Gasteiger partial charge in [-0.25, -0.2) is 0 Å². The summed E-state index contributed by atoms with van der Waals surface area (Å²) in [7, 11) is 0. The van der Waals surface area contributed by atoms with Crippen LogP contribution in [0.25, 0.3) is 0 Å². The second-order valence-electron chi connectivity index (χ2n) is 9.47. The minimum Gasteiger partial charge on any atom is -0.359 e. The second kappa shape index (κ2) is 12.2. The smallest absolute Gasteiger partial charge is 0.0691 e. The van der Waals surface area contributed by atoms with Crippen molar-refractivity contribution in [3.8, 4) is 0 Å². The molecule has 0 bridgehead atoms. The van der Waals surface area contributed by atoms with Crippen LogP contribution in [0.4, 0.5) is 22.7 Å². The van der Waals surface area contributed by atoms with E-state index in [1.54, 1.807) is 0 Å². The van der Waals surface area contributed by atoms with E-state index in [0.29, 0.717) is 0 Å². The minimum absolute atomic E-state index is 0.962. The fourth-order valence-corrected chi connectivity index (χ4v) is 4.21. The van der Waals surface area contributed by atoms with Gasteiger partial charge in [0.2, 0.25) is 0 Å². The Kier molecular flexibility index (Phi) is 9.02. The number of aliphatic imine (C=N–C) groups is 2. The fraction of sp³-hybridized carbons (Fsp3) is 0.250. The molecule has 0 aromatic heterocycles. The van der Waals surface area contributed by atoms with Crippen molar-refractivity contribution in [2.45, 2.75) is 55.4 Å². The number of aryl methyl sites for hydroxylation is 4. The highest BCUT2D eigenvalue weighted by Gasteiger charge is 2.03. The van der Waals surface area contributed by atoms with Gasteiger partial charge in [-0.05, 0) is 108 Å². The first kappa shape index (κ1) is 26.7. The monoisotopic (exact) mass is 478 g/mol. The van der Waals surface area contributed by atoms with E-state index in [1.807, 2.05) is 19.9 Å². The molecule has 0 aliphatic carbocycles. The van der Waals surface area contributed by atoms with Crippen LogP contribution in [-0.2, 0) is 0 Å². The molecule has 3 aromatic carbocycles. The van der Waals surface area contributed by atoms with Gasteiger partial charge in [-0.1, -0.05) is 42.5 Å². The molecule has 0 amide bonds. The lowest BCUT2D eigenvalue weighted by Gasteiger charge is -2.12. The minimum atomic E-state index is 0.962. The Balaban J connectivity index is 1.70. The van der Waals surface area contributed by atoms with Gasteiger partial charge < -0.3 is 10.6 Å². The first-order chi connectivity index (χ1) is 17.1. The number of anilines is 2. The molecule has 36 heavy (non-hydrogen) atoms. The van der Waals surface area contributed by atoms with Gasteiger partial charge in [0.15, 0.2) is 0 Å². The molecule has 3 rings (SSSR count). The van der Waals surface area contributed by atoms with Crippen LogP contribution in [0.15, 0.2) is 94.2 Å². The van der Waals surface area contributed by atoms with E-state index < -0.39 is 0 Å². The molecule has 0 heterocycles. The summed E-state index contributed by atoms with van der Waals surface area (Å²) in [5.41, 5.74) is 12.8. The fourth-order valence-electron chi connectivity index (χ4n) is 4.21. The zero-order chi connectivity index (χ0) is 26.2. The Hall–Kier alpha value is -3.92. The number of benzene rings is 3. The normalized spacial score (nSPS) is 13.1. The van der Waals surface area contributed by atoms with Gasteiger partial charge in [-0.2, -0.15) is 0 Å². The van der Waals surface area contributed by atoms with Crippen LogP contribution in [0.3, 0.4) is 0 Å². The SMILES string of the molecule is CC(/C=C(\C)Nc1cccc(N/C(C)=C/C(C)=Nc2c(C)cccc2C)c1)=Nc1c(C)cccc1C. The zero-order valence-corrected chi connectivity index (χ0v) is 22.8. The molecular weight excluding hydrogens is 440 g/mol. The number of hydrogen-bond donors (Lipinski definition) is 2. The number of rotatable bonds is 8. The maximum absolute atomic E-state index is 4.83. The lowest BCUT2D eigenvalue weighted by molar-refractivity contribution is 1.31. The average Bonchev–Trinajstić information content (AvgIpc) is 2.79. The third kappa shape index (κ3) is 7.54. The Morgan fingerprint density at radius 2 is 0.889 bits per heavy atom. The van der Waals surface area contributed by atoms with Crippen molar-refractivity contribution in [2.75, 3.05) is 10.6 Å². The number of para-hydroxylation sites is 2. The number of nitrogens with one attached hydrogen (secondary N) is 2. The highest BCUT2D eigenvalue weighted by Crippen LogP contribution is 2.25. The topological polar surface area (TPSA) is 48.8 Å². The quantitative estimate of drug-likeness (QED) is 0.317. The molecule has 0 saturated heterocycles. The van der Waals surface area contributed by atoms with Crippen LogP contribution in [0, 0.1) is 27.7 Å².